The van der Waals surface area contributed by atoms with Crippen LogP contribution in [0.4, 0.5) is 0 Å². The van der Waals surface area contributed by atoms with E-state index in [1.165, 1.54) is 5.56 Å². The van der Waals surface area contributed by atoms with E-state index in [4.69, 9.17) is 16.3 Å². The molecule has 24 heavy (non-hydrogen) atoms. The Hall–Kier alpha value is -1.40. The summed E-state index contributed by atoms with van der Waals surface area (Å²) in [5.41, 5.74) is 2.17. The fraction of sp³-hybridized carbons (Fsp3) is 0.500. The zero-order valence-corrected chi connectivity index (χ0v) is 14.7. The van der Waals surface area contributed by atoms with Crippen molar-refractivity contribution in [1.82, 2.24) is 14.7 Å². The summed E-state index contributed by atoms with van der Waals surface area (Å²) in [6, 6.07) is 7.96. The molecule has 1 aromatic heterocycles. The lowest BCUT2D eigenvalue weighted by Gasteiger charge is -2.26. The number of β-amino-alcohol motifs (C(OH)–C–C–N with tert-alkyl or cyclic N) is 1. The SMILES string of the molecule is Cn1cc(C2CCCN2CC(O)COCc2ccccc2Cl)cn1. The largest absolute Gasteiger partial charge is 0.389 e. The summed E-state index contributed by atoms with van der Waals surface area (Å²) < 4.78 is 7.47. The van der Waals surface area contributed by atoms with Gasteiger partial charge in [0.25, 0.3) is 0 Å². The molecule has 130 valence electrons. The molecular formula is C18H24ClN3O2. The van der Waals surface area contributed by atoms with Gasteiger partial charge in [-0.05, 0) is 31.0 Å². The highest BCUT2D eigenvalue weighted by Crippen LogP contribution is 2.31. The Morgan fingerprint density at radius 2 is 2.25 bits per heavy atom. The van der Waals surface area contributed by atoms with Crippen LogP contribution in [0.3, 0.4) is 0 Å². The highest BCUT2D eigenvalue weighted by molar-refractivity contribution is 6.31. The number of nitrogens with zero attached hydrogens (tertiary/aromatic N) is 3. The molecule has 1 saturated heterocycles. The van der Waals surface area contributed by atoms with Gasteiger partial charge in [0.1, 0.15) is 0 Å². The van der Waals surface area contributed by atoms with E-state index < -0.39 is 6.10 Å². The first-order valence-corrected chi connectivity index (χ1v) is 8.73. The number of rotatable bonds is 7. The molecule has 2 aromatic rings. The van der Waals surface area contributed by atoms with E-state index in [1.807, 2.05) is 42.2 Å². The van der Waals surface area contributed by atoms with Crippen molar-refractivity contribution >= 4 is 11.6 Å². The normalized spacial score (nSPS) is 19.7. The highest BCUT2D eigenvalue weighted by Gasteiger charge is 2.28. The average molecular weight is 350 g/mol. The molecular weight excluding hydrogens is 326 g/mol. The molecule has 0 bridgehead atoms. The molecule has 6 heteroatoms. The Balaban J connectivity index is 1.47. The van der Waals surface area contributed by atoms with Crippen molar-refractivity contribution in [3.05, 3.63) is 52.8 Å². The van der Waals surface area contributed by atoms with E-state index in [2.05, 4.69) is 16.2 Å². The smallest absolute Gasteiger partial charge is 0.0900 e. The van der Waals surface area contributed by atoms with Gasteiger partial charge in [0.2, 0.25) is 0 Å². The summed E-state index contributed by atoms with van der Waals surface area (Å²) in [5.74, 6) is 0. The van der Waals surface area contributed by atoms with Crippen molar-refractivity contribution in [3.8, 4) is 0 Å². The summed E-state index contributed by atoms with van der Waals surface area (Å²) in [5, 5.41) is 15.3. The third kappa shape index (κ3) is 4.36. The van der Waals surface area contributed by atoms with Crippen molar-refractivity contribution in [2.75, 3.05) is 19.7 Å². The van der Waals surface area contributed by atoms with Crippen LogP contribution >= 0.6 is 11.6 Å². The van der Waals surface area contributed by atoms with Crippen LogP contribution in [0.2, 0.25) is 5.02 Å². The Morgan fingerprint density at radius 3 is 3.00 bits per heavy atom. The third-order valence-corrected chi connectivity index (χ3v) is 4.81. The number of aromatic nitrogens is 2. The molecule has 0 radical (unpaired) electrons. The van der Waals surface area contributed by atoms with Crippen LogP contribution in [0.15, 0.2) is 36.7 Å². The van der Waals surface area contributed by atoms with Gasteiger partial charge < -0.3 is 9.84 Å². The highest BCUT2D eigenvalue weighted by atomic mass is 35.5. The third-order valence-electron chi connectivity index (χ3n) is 4.44. The maximum atomic E-state index is 10.3. The summed E-state index contributed by atoms with van der Waals surface area (Å²) in [4.78, 5) is 2.32. The number of ether oxygens (including phenoxy) is 1. The van der Waals surface area contributed by atoms with Crippen molar-refractivity contribution in [1.29, 1.82) is 0 Å². The molecule has 0 amide bonds. The molecule has 1 aliphatic heterocycles. The molecule has 2 heterocycles. The molecule has 1 fully saturated rings. The Labute approximate surface area is 147 Å². The summed E-state index contributed by atoms with van der Waals surface area (Å²) >= 11 is 6.11. The van der Waals surface area contributed by atoms with E-state index in [9.17, 15) is 5.11 Å². The number of aliphatic hydroxyl groups excluding tert-OH is 1. The van der Waals surface area contributed by atoms with E-state index in [1.54, 1.807) is 0 Å². The second kappa shape index (κ2) is 8.12. The number of aryl methyl sites for hydroxylation is 1. The van der Waals surface area contributed by atoms with Gasteiger partial charge >= 0.3 is 0 Å². The van der Waals surface area contributed by atoms with E-state index in [0.29, 0.717) is 30.8 Å². The first-order chi connectivity index (χ1) is 11.6. The fourth-order valence-corrected chi connectivity index (χ4v) is 3.47. The first-order valence-electron chi connectivity index (χ1n) is 8.35. The fourth-order valence-electron chi connectivity index (χ4n) is 3.28. The molecule has 2 atom stereocenters. The van der Waals surface area contributed by atoms with Gasteiger partial charge in [-0.25, -0.2) is 0 Å². The number of aliphatic hydroxyl groups is 1. The van der Waals surface area contributed by atoms with Gasteiger partial charge in [0.05, 0.1) is 25.5 Å². The molecule has 1 N–H and O–H groups in total. The topological polar surface area (TPSA) is 50.5 Å². The number of halogens is 1. The predicted molar refractivity (Wildman–Crippen MR) is 93.9 cm³/mol. The van der Waals surface area contributed by atoms with Gasteiger partial charge in [0, 0.05) is 36.4 Å². The van der Waals surface area contributed by atoms with Crippen LogP contribution < -0.4 is 0 Å². The minimum atomic E-state index is -0.509. The van der Waals surface area contributed by atoms with Gasteiger partial charge in [-0.3, -0.25) is 9.58 Å². The number of benzene rings is 1. The van der Waals surface area contributed by atoms with Crippen LogP contribution in [0.25, 0.3) is 0 Å². The number of likely N-dealkylation sites (tertiary alicyclic amines) is 1. The molecule has 3 rings (SSSR count). The van der Waals surface area contributed by atoms with E-state index >= 15 is 0 Å². The lowest BCUT2D eigenvalue weighted by molar-refractivity contribution is 0.00773. The molecule has 2 unspecified atom stereocenters. The summed E-state index contributed by atoms with van der Waals surface area (Å²) in [7, 11) is 1.93. The average Bonchev–Trinajstić information content (AvgIpc) is 3.18. The van der Waals surface area contributed by atoms with E-state index in [0.717, 1.165) is 24.9 Å². The van der Waals surface area contributed by atoms with Crippen LogP contribution in [-0.2, 0) is 18.4 Å². The minimum Gasteiger partial charge on any atom is -0.389 e. The second-order valence-corrected chi connectivity index (χ2v) is 6.77. The zero-order chi connectivity index (χ0) is 16.9. The molecule has 5 nitrogen and oxygen atoms in total. The lowest BCUT2D eigenvalue weighted by Crippen LogP contribution is -2.34. The standard InChI is InChI=1S/C18H24ClN3O2/c1-21-10-15(9-20-21)18-7-4-8-22(18)11-16(23)13-24-12-14-5-2-3-6-17(14)19/h2-3,5-6,9-10,16,18,23H,4,7-8,11-13H2,1H3. The van der Waals surface area contributed by atoms with Crippen molar-refractivity contribution in [2.24, 2.45) is 7.05 Å². The maximum Gasteiger partial charge on any atom is 0.0900 e. The van der Waals surface area contributed by atoms with Crippen LogP contribution in [-0.4, -0.2) is 45.6 Å². The summed E-state index contributed by atoms with van der Waals surface area (Å²) in [6.07, 6.45) is 5.72. The van der Waals surface area contributed by atoms with Crippen LogP contribution in [0.5, 0.6) is 0 Å². The molecule has 0 aliphatic carbocycles. The Bertz CT molecular complexity index is 661. The first kappa shape index (κ1) is 17.4. The molecule has 1 aromatic carbocycles. The maximum absolute atomic E-state index is 10.3. The summed E-state index contributed by atoms with van der Waals surface area (Å²) in [6.45, 7) is 2.34. The van der Waals surface area contributed by atoms with Gasteiger partial charge in [-0.2, -0.15) is 5.10 Å². The number of hydrogen-bond acceptors (Lipinski definition) is 4. The monoisotopic (exact) mass is 349 g/mol. The van der Waals surface area contributed by atoms with Gasteiger partial charge in [-0.1, -0.05) is 29.8 Å². The lowest BCUT2D eigenvalue weighted by atomic mass is 10.1. The Morgan fingerprint density at radius 1 is 1.42 bits per heavy atom. The second-order valence-electron chi connectivity index (χ2n) is 6.36. The minimum absolute atomic E-state index is 0.307. The van der Waals surface area contributed by atoms with Gasteiger partial charge in [0.15, 0.2) is 0 Å². The predicted octanol–water partition coefficient (Wildman–Crippen LogP) is 2.79. The molecule has 1 aliphatic rings. The van der Waals surface area contributed by atoms with Crippen molar-refractivity contribution in [3.63, 3.8) is 0 Å². The van der Waals surface area contributed by atoms with E-state index in [-0.39, 0.29) is 0 Å². The van der Waals surface area contributed by atoms with Crippen molar-refractivity contribution in [2.45, 2.75) is 31.6 Å². The van der Waals surface area contributed by atoms with Crippen molar-refractivity contribution < 1.29 is 9.84 Å². The zero-order valence-electron chi connectivity index (χ0n) is 13.9. The van der Waals surface area contributed by atoms with Crippen LogP contribution in [0.1, 0.15) is 30.0 Å². The number of hydrogen-bond donors (Lipinski definition) is 1. The molecule has 0 spiro atoms. The van der Waals surface area contributed by atoms with Gasteiger partial charge in [-0.15, -0.1) is 0 Å². The quantitative estimate of drug-likeness (QED) is 0.835. The molecule has 0 saturated carbocycles. The Kier molecular flexibility index (Phi) is 5.89. The van der Waals surface area contributed by atoms with Crippen LogP contribution in [0, 0.1) is 0 Å².